The number of hydrogen-bond acceptors (Lipinski definition) is 3. The second-order valence-corrected chi connectivity index (χ2v) is 3.49. The van der Waals surface area contributed by atoms with Gasteiger partial charge >= 0.3 is 0 Å². The summed E-state index contributed by atoms with van der Waals surface area (Å²) in [4.78, 5) is 0. The molecular formula is C12H15NO2. The van der Waals surface area contributed by atoms with Crippen molar-refractivity contribution in [3.63, 3.8) is 0 Å². The van der Waals surface area contributed by atoms with Crippen LogP contribution in [0.3, 0.4) is 0 Å². The summed E-state index contributed by atoms with van der Waals surface area (Å²) in [6.45, 7) is 0. The number of ether oxygens (including phenoxy) is 2. The van der Waals surface area contributed by atoms with Crippen LogP contribution in [0, 0.1) is 0 Å². The fraction of sp³-hybridized carbons (Fsp3) is 0.333. The first-order chi connectivity index (χ1) is 7.33. The molecule has 1 atom stereocenters. The maximum absolute atomic E-state index is 5.39. The molecule has 1 aromatic carbocycles. The quantitative estimate of drug-likeness (QED) is 0.759. The maximum atomic E-state index is 5.39. The normalized spacial score (nSPS) is 20.9. The van der Waals surface area contributed by atoms with Crippen LogP contribution in [0.25, 0.3) is 0 Å². The van der Waals surface area contributed by atoms with E-state index in [0.717, 1.165) is 17.9 Å². The lowest BCUT2D eigenvalue weighted by Crippen LogP contribution is -1.95. The number of nitrogens with one attached hydrogen (secondary N) is 1. The van der Waals surface area contributed by atoms with E-state index in [0.29, 0.717) is 0 Å². The third-order valence-corrected chi connectivity index (χ3v) is 2.41. The van der Waals surface area contributed by atoms with Crippen molar-refractivity contribution in [2.75, 3.05) is 14.2 Å². The van der Waals surface area contributed by atoms with Crippen molar-refractivity contribution in [2.45, 2.75) is 12.5 Å². The summed E-state index contributed by atoms with van der Waals surface area (Å²) in [5.41, 5.74) is 1.26. The zero-order valence-electron chi connectivity index (χ0n) is 8.99. The highest BCUT2D eigenvalue weighted by atomic mass is 16.6. The highest BCUT2D eigenvalue weighted by Gasteiger charge is 2.32. The molecule has 1 fully saturated rings. The van der Waals surface area contributed by atoms with E-state index >= 15 is 0 Å². The molecule has 0 amide bonds. The Kier molecular flexibility index (Phi) is 2.81. The van der Waals surface area contributed by atoms with Gasteiger partial charge in [0, 0.05) is 19.7 Å². The van der Waals surface area contributed by atoms with Crippen molar-refractivity contribution in [1.29, 1.82) is 0 Å². The lowest BCUT2D eigenvalue weighted by molar-refractivity contribution is 0.413. The van der Waals surface area contributed by atoms with Crippen LogP contribution in [0.2, 0.25) is 0 Å². The van der Waals surface area contributed by atoms with E-state index in [2.05, 4.69) is 17.4 Å². The molecule has 0 saturated carbocycles. The predicted octanol–water partition coefficient (Wildman–Crippen LogP) is 1.70. The summed E-state index contributed by atoms with van der Waals surface area (Å²) in [6.07, 6.45) is 3.08. The Bertz CT molecular complexity index is 356. The van der Waals surface area contributed by atoms with E-state index in [9.17, 15) is 0 Å². The molecule has 15 heavy (non-hydrogen) atoms. The van der Waals surface area contributed by atoms with Gasteiger partial charge in [0.15, 0.2) is 11.9 Å². The van der Waals surface area contributed by atoms with Gasteiger partial charge in [-0.2, -0.15) is 0 Å². The highest BCUT2D eigenvalue weighted by molar-refractivity contribution is 5.29. The summed E-state index contributed by atoms with van der Waals surface area (Å²) in [5, 5.41) is 2.96. The van der Waals surface area contributed by atoms with Gasteiger partial charge in [-0.25, -0.2) is 0 Å². The molecule has 1 aliphatic rings. The summed E-state index contributed by atoms with van der Waals surface area (Å²) in [6, 6.07) is 8.08. The number of epoxide rings is 1. The van der Waals surface area contributed by atoms with Gasteiger partial charge in [0.2, 0.25) is 0 Å². The summed E-state index contributed by atoms with van der Waals surface area (Å²) >= 11 is 0. The molecule has 0 aromatic heterocycles. The largest absolute Gasteiger partial charge is 0.497 e. The number of hydrogen-bond donors (Lipinski definition) is 1. The van der Waals surface area contributed by atoms with Crippen LogP contribution in [0.1, 0.15) is 5.56 Å². The van der Waals surface area contributed by atoms with Gasteiger partial charge in [-0.3, -0.25) is 0 Å². The molecule has 1 N–H and O–H groups in total. The van der Waals surface area contributed by atoms with Crippen molar-refractivity contribution in [3.8, 4) is 5.75 Å². The monoisotopic (exact) mass is 205 g/mol. The van der Waals surface area contributed by atoms with E-state index < -0.39 is 0 Å². The fourth-order valence-electron chi connectivity index (χ4n) is 1.52. The Morgan fingerprint density at radius 2 is 2.13 bits per heavy atom. The number of benzene rings is 1. The molecule has 2 rings (SSSR count). The summed E-state index contributed by atoms with van der Waals surface area (Å²) in [5.74, 6) is 1.93. The molecule has 3 heteroatoms. The van der Waals surface area contributed by atoms with Crippen molar-refractivity contribution < 1.29 is 9.47 Å². The Balaban J connectivity index is 1.92. The molecule has 1 aromatic rings. The lowest BCUT2D eigenvalue weighted by atomic mass is 10.1. The molecule has 1 unspecified atom stereocenters. The summed E-state index contributed by atoms with van der Waals surface area (Å²) in [7, 11) is 3.55. The molecule has 1 heterocycles. The van der Waals surface area contributed by atoms with E-state index in [4.69, 9.17) is 9.47 Å². The highest BCUT2D eigenvalue weighted by Crippen LogP contribution is 2.29. The third kappa shape index (κ3) is 2.43. The third-order valence-electron chi connectivity index (χ3n) is 2.41. The molecule has 3 nitrogen and oxygen atoms in total. The second-order valence-electron chi connectivity index (χ2n) is 3.49. The average Bonchev–Trinajstić information content (AvgIpc) is 2.98. The minimum atomic E-state index is 0.255. The zero-order valence-corrected chi connectivity index (χ0v) is 8.99. The van der Waals surface area contributed by atoms with Gasteiger partial charge < -0.3 is 14.8 Å². The van der Waals surface area contributed by atoms with Crippen molar-refractivity contribution in [2.24, 2.45) is 0 Å². The number of methoxy groups -OCH3 is 1. The molecule has 0 radical (unpaired) electrons. The van der Waals surface area contributed by atoms with Gasteiger partial charge in [-0.15, -0.1) is 0 Å². The van der Waals surface area contributed by atoms with Gasteiger partial charge in [0.05, 0.1) is 7.11 Å². The van der Waals surface area contributed by atoms with Crippen LogP contribution in [-0.2, 0) is 11.2 Å². The molecule has 1 saturated heterocycles. The van der Waals surface area contributed by atoms with Crippen molar-refractivity contribution in [3.05, 3.63) is 41.8 Å². The molecule has 1 aliphatic heterocycles. The average molecular weight is 205 g/mol. The Morgan fingerprint density at radius 1 is 1.40 bits per heavy atom. The Morgan fingerprint density at radius 3 is 2.73 bits per heavy atom. The first-order valence-electron chi connectivity index (χ1n) is 5.00. The zero-order chi connectivity index (χ0) is 10.7. The second kappa shape index (κ2) is 4.26. The minimum absolute atomic E-state index is 0.255. The Hall–Kier alpha value is -1.64. The van der Waals surface area contributed by atoms with E-state index in [1.54, 1.807) is 7.11 Å². The van der Waals surface area contributed by atoms with Crippen LogP contribution < -0.4 is 10.1 Å². The molecule has 0 bridgehead atoms. The van der Waals surface area contributed by atoms with E-state index in [1.165, 1.54) is 5.56 Å². The minimum Gasteiger partial charge on any atom is -0.497 e. The van der Waals surface area contributed by atoms with E-state index in [1.807, 2.05) is 25.4 Å². The predicted molar refractivity (Wildman–Crippen MR) is 58.7 cm³/mol. The molecule has 0 aliphatic carbocycles. The van der Waals surface area contributed by atoms with Crippen LogP contribution in [-0.4, -0.2) is 20.3 Å². The van der Waals surface area contributed by atoms with Crippen LogP contribution in [0.15, 0.2) is 36.2 Å². The lowest BCUT2D eigenvalue weighted by Gasteiger charge is -2.00. The topological polar surface area (TPSA) is 33.8 Å². The standard InChI is InChI=1S/C12H15NO2/c1-13-8-12-11(15-12)7-9-3-5-10(14-2)6-4-9/h3-6,8,11,13H,7H2,1-2H3/b12-8-. The van der Waals surface area contributed by atoms with Crippen LogP contribution in [0.4, 0.5) is 0 Å². The van der Waals surface area contributed by atoms with Crippen LogP contribution >= 0.6 is 0 Å². The van der Waals surface area contributed by atoms with Gasteiger partial charge in [0.25, 0.3) is 0 Å². The summed E-state index contributed by atoms with van der Waals surface area (Å²) < 4.78 is 10.5. The van der Waals surface area contributed by atoms with Gasteiger partial charge in [-0.05, 0) is 17.7 Å². The van der Waals surface area contributed by atoms with Crippen molar-refractivity contribution >= 4 is 0 Å². The SMILES string of the molecule is CN/C=C1\OC1Cc1ccc(OC)cc1. The maximum Gasteiger partial charge on any atom is 0.161 e. The Labute approximate surface area is 89.7 Å². The smallest absolute Gasteiger partial charge is 0.161 e. The molecule has 80 valence electrons. The van der Waals surface area contributed by atoms with Gasteiger partial charge in [0.1, 0.15) is 5.75 Å². The molecular weight excluding hydrogens is 190 g/mol. The van der Waals surface area contributed by atoms with E-state index in [-0.39, 0.29) is 6.10 Å². The molecule has 0 spiro atoms. The first kappa shape index (κ1) is 9.90. The fourth-order valence-corrected chi connectivity index (χ4v) is 1.52. The van der Waals surface area contributed by atoms with Crippen LogP contribution in [0.5, 0.6) is 5.75 Å². The van der Waals surface area contributed by atoms with Crippen molar-refractivity contribution in [1.82, 2.24) is 5.32 Å². The first-order valence-corrected chi connectivity index (χ1v) is 5.00. The van der Waals surface area contributed by atoms with Gasteiger partial charge in [-0.1, -0.05) is 12.1 Å². The number of rotatable bonds is 4.